The molecule has 0 saturated heterocycles. The van der Waals surface area contributed by atoms with Gasteiger partial charge in [-0.05, 0) is 51.8 Å². The molecule has 0 aliphatic carbocycles. The van der Waals surface area contributed by atoms with E-state index >= 15 is 0 Å². The molecule has 150 valence electrons. The van der Waals surface area contributed by atoms with Gasteiger partial charge in [-0.15, -0.1) is 0 Å². The first-order valence-electron chi connectivity index (χ1n) is 8.33. The Labute approximate surface area is 189 Å². The number of rotatable bonds is 5. The van der Waals surface area contributed by atoms with Crippen molar-refractivity contribution in [2.24, 2.45) is 5.10 Å². The highest BCUT2D eigenvalue weighted by atomic mass is 79.9. The van der Waals surface area contributed by atoms with Gasteiger partial charge in [0.05, 0.1) is 26.1 Å². The second kappa shape index (κ2) is 8.46. The third-order valence-electron chi connectivity index (χ3n) is 4.00. The monoisotopic (exact) mass is 548 g/mol. The number of benzene rings is 2. The molecule has 2 aromatic carbocycles. The minimum Gasteiger partial charge on any atom is -0.421 e. The first kappa shape index (κ1) is 20.4. The maximum Gasteiger partial charge on any atom is 0.345 e. The summed E-state index contributed by atoms with van der Waals surface area (Å²) in [6, 6.07) is 11.4. The lowest BCUT2D eigenvalue weighted by Gasteiger charge is -2.03. The normalized spacial score (nSPS) is 11.3. The molecule has 2 heterocycles. The van der Waals surface area contributed by atoms with Crippen LogP contribution >= 0.6 is 43.2 Å². The summed E-state index contributed by atoms with van der Waals surface area (Å²) in [5.74, 6) is 0. The van der Waals surface area contributed by atoms with Crippen molar-refractivity contribution in [2.75, 3.05) is 5.43 Å². The van der Waals surface area contributed by atoms with Gasteiger partial charge in [-0.2, -0.15) is 5.10 Å². The van der Waals surface area contributed by atoms with Crippen LogP contribution in [-0.2, 0) is 0 Å². The summed E-state index contributed by atoms with van der Waals surface area (Å²) in [4.78, 5) is 27.5. The first-order chi connectivity index (χ1) is 14.4. The Morgan fingerprint density at radius 3 is 2.70 bits per heavy atom. The van der Waals surface area contributed by atoms with Gasteiger partial charge in [-0.25, -0.2) is 9.78 Å². The Hall–Kier alpha value is -2.89. The summed E-state index contributed by atoms with van der Waals surface area (Å²) in [5, 5.41) is 16.0. The summed E-state index contributed by atoms with van der Waals surface area (Å²) in [7, 11) is 0. The maximum absolute atomic E-state index is 12.4. The van der Waals surface area contributed by atoms with Crippen LogP contribution in [0.3, 0.4) is 0 Å². The van der Waals surface area contributed by atoms with Crippen LogP contribution in [0.15, 0.2) is 71.9 Å². The second-order valence-electron chi connectivity index (χ2n) is 6.00. The summed E-state index contributed by atoms with van der Waals surface area (Å²) >= 11 is 8.07. The van der Waals surface area contributed by atoms with Crippen molar-refractivity contribution in [1.29, 1.82) is 0 Å². The highest BCUT2D eigenvalue weighted by Crippen LogP contribution is 2.32. The molecule has 0 fully saturated rings. The molecule has 0 radical (unpaired) electrons. The van der Waals surface area contributed by atoms with E-state index in [1.165, 1.54) is 29.7 Å². The molecule has 0 unspecified atom stereocenters. The minimum absolute atomic E-state index is 0.0120. The Bertz CT molecular complexity index is 1350. The fourth-order valence-electron chi connectivity index (χ4n) is 2.62. The van der Waals surface area contributed by atoms with E-state index in [0.717, 1.165) is 9.86 Å². The number of fused-ring (bicyclic) bond motifs is 1. The predicted molar refractivity (Wildman–Crippen MR) is 123 cm³/mol. The third-order valence-corrected chi connectivity index (χ3v) is 5.98. The Balaban J connectivity index is 1.55. The highest BCUT2D eigenvalue weighted by molar-refractivity contribution is 9.11. The smallest absolute Gasteiger partial charge is 0.345 e. The van der Waals surface area contributed by atoms with Gasteiger partial charge in [0.25, 0.3) is 5.69 Å². The lowest BCUT2D eigenvalue weighted by Crippen LogP contribution is -2.01. The molecule has 0 amide bonds. The van der Waals surface area contributed by atoms with Crippen molar-refractivity contribution in [3.63, 3.8) is 0 Å². The van der Waals surface area contributed by atoms with Crippen LogP contribution in [0.25, 0.3) is 21.4 Å². The number of nitrogens with zero attached hydrogens (tertiary/aromatic N) is 3. The average molecular weight is 550 g/mol. The maximum atomic E-state index is 12.4. The van der Waals surface area contributed by atoms with Crippen LogP contribution in [0.4, 0.5) is 10.8 Å². The molecule has 0 aliphatic rings. The molecule has 0 atom stereocenters. The number of hydrogen-bond donors (Lipinski definition) is 1. The molecule has 0 spiro atoms. The van der Waals surface area contributed by atoms with Crippen molar-refractivity contribution in [2.45, 2.75) is 0 Å². The number of hydrazone groups is 1. The summed E-state index contributed by atoms with van der Waals surface area (Å²) in [5.41, 5.74) is 3.91. The zero-order valence-corrected chi connectivity index (χ0v) is 18.8. The second-order valence-corrected chi connectivity index (χ2v) is 8.80. The zero-order valence-electron chi connectivity index (χ0n) is 14.8. The van der Waals surface area contributed by atoms with Crippen LogP contribution < -0.4 is 11.1 Å². The molecular formula is C19H10Br2N4O4S. The molecule has 1 N–H and O–H groups in total. The van der Waals surface area contributed by atoms with Crippen LogP contribution in [0.1, 0.15) is 5.56 Å². The fourth-order valence-corrected chi connectivity index (χ4v) is 4.73. The Morgan fingerprint density at radius 1 is 1.20 bits per heavy atom. The largest absolute Gasteiger partial charge is 0.421 e. The van der Waals surface area contributed by atoms with Gasteiger partial charge in [0, 0.05) is 28.2 Å². The molecule has 0 saturated carbocycles. The van der Waals surface area contributed by atoms with E-state index in [2.05, 4.69) is 47.4 Å². The number of nitrogens with one attached hydrogen (secondary N) is 1. The van der Waals surface area contributed by atoms with Crippen LogP contribution in [0.2, 0.25) is 0 Å². The van der Waals surface area contributed by atoms with Crippen LogP contribution in [0, 0.1) is 10.1 Å². The molecule has 0 aliphatic heterocycles. The number of hydrogen-bond acceptors (Lipinski definition) is 8. The number of aromatic nitrogens is 1. The molecule has 4 aromatic rings. The van der Waals surface area contributed by atoms with E-state index in [1.807, 2.05) is 12.1 Å². The topological polar surface area (TPSA) is 111 Å². The first-order valence-corrected chi connectivity index (χ1v) is 10.7. The fraction of sp³-hybridized carbons (Fsp3) is 0. The number of nitro benzene ring substituents is 1. The molecule has 4 rings (SSSR count). The number of non-ortho nitro benzene ring substituents is 1. The summed E-state index contributed by atoms with van der Waals surface area (Å²) in [6.45, 7) is 0. The summed E-state index contributed by atoms with van der Waals surface area (Å²) < 4.78 is 7.00. The Morgan fingerprint density at radius 2 is 1.97 bits per heavy atom. The number of anilines is 1. The van der Waals surface area contributed by atoms with E-state index < -0.39 is 10.5 Å². The number of halogens is 2. The van der Waals surface area contributed by atoms with Crippen LogP contribution in [0.5, 0.6) is 0 Å². The predicted octanol–water partition coefficient (Wildman–Crippen LogP) is 5.80. The van der Waals surface area contributed by atoms with Gasteiger partial charge in [0.2, 0.25) is 5.13 Å². The standard InChI is InChI=1S/C19H10Br2N4O4S/c20-12-5-11-6-14(18(26)29-17(11)15(21)7-12)16-9-22-19(30-16)24-23-8-10-1-3-13(4-2-10)25(27)28/h1-9H,(H,22,24)/b23-8-. The van der Waals surface area contributed by atoms with E-state index in [1.54, 1.807) is 24.4 Å². The van der Waals surface area contributed by atoms with Gasteiger partial charge in [0.1, 0.15) is 0 Å². The van der Waals surface area contributed by atoms with Gasteiger partial charge >= 0.3 is 5.63 Å². The average Bonchev–Trinajstić information content (AvgIpc) is 3.17. The lowest BCUT2D eigenvalue weighted by molar-refractivity contribution is -0.384. The molecular weight excluding hydrogens is 540 g/mol. The van der Waals surface area contributed by atoms with Crippen molar-refractivity contribution < 1.29 is 9.34 Å². The van der Waals surface area contributed by atoms with Gasteiger partial charge in [0.15, 0.2) is 5.58 Å². The number of thiazole rings is 1. The Kier molecular flexibility index (Phi) is 5.75. The summed E-state index contributed by atoms with van der Waals surface area (Å²) in [6.07, 6.45) is 3.09. The molecule has 30 heavy (non-hydrogen) atoms. The van der Waals surface area contributed by atoms with E-state index in [4.69, 9.17) is 4.42 Å². The molecule has 2 aromatic heterocycles. The van der Waals surface area contributed by atoms with E-state index in [-0.39, 0.29) is 5.69 Å². The van der Waals surface area contributed by atoms with Crippen molar-refractivity contribution in [3.05, 3.63) is 83.7 Å². The minimum atomic E-state index is -0.463. The van der Waals surface area contributed by atoms with Crippen molar-refractivity contribution in [1.82, 2.24) is 4.98 Å². The molecule has 11 heteroatoms. The van der Waals surface area contributed by atoms with Crippen molar-refractivity contribution >= 4 is 71.2 Å². The van der Waals surface area contributed by atoms with Gasteiger partial charge in [-0.1, -0.05) is 27.3 Å². The van der Waals surface area contributed by atoms with E-state index in [9.17, 15) is 14.9 Å². The van der Waals surface area contributed by atoms with Crippen molar-refractivity contribution in [3.8, 4) is 10.4 Å². The zero-order chi connectivity index (χ0) is 21.3. The number of nitro groups is 1. The van der Waals surface area contributed by atoms with Crippen LogP contribution in [-0.4, -0.2) is 16.1 Å². The lowest BCUT2D eigenvalue weighted by atomic mass is 10.2. The quantitative estimate of drug-likeness (QED) is 0.146. The third kappa shape index (κ3) is 4.32. The van der Waals surface area contributed by atoms with E-state index in [0.29, 0.717) is 31.2 Å². The van der Waals surface area contributed by atoms with Gasteiger partial charge < -0.3 is 4.42 Å². The molecule has 0 bridgehead atoms. The van der Waals surface area contributed by atoms with Gasteiger partial charge in [-0.3, -0.25) is 15.5 Å². The highest BCUT2D eigenvalue weighted by Gasteiger charge is 2.13. The molecule has 8 nitrogen and oxygen atoms in total. The SMILES string of the molecule is O=c1oc2c(Br)cc(Br)cc2cc1-c1cnc(N/N=C\c2ccc([N+](=O)[O-])cc2)s1.